The zero-order valence-corrected chi connectivity index (χ0v) is 14.0. The summed E-state index contributed by atoms with van der Waals surface area (Å²) in [5, 5.41) is 10.4. The van der Waals surface area contributed by atoms with Crippen molar-refractivity contribution in [3.8, 4) is 0 Å². The van der Waals surface area contributed by atoms with Crippen molar-refractivity contribution in [1.82, 2.24) is 20.4 Å². The fourth-order valence-electron chi connectivity index (χ4n) is 3.62. The topological polar surface area (TPSA) is 71.4 Å². The second-order valence-corrected chi connectivity index (χ2v) is 6.59. The van der Waals surface area contributed by atoms with Crippen molar-refractivity contribution < 1.29 is 9.53 Å². The normalized spacial score (nSPS) is 27.9. The van der Waals surface area contributed by atoms with Crippen molar-refractivity contribution in [3.63, 3.8) is 0 Å². The Hall–Kier alpha value is -1.76. The van der Waals surface area contributed by atoms with Gasteiger partial charge in [0.1, 0.15) is 0 Å². The third-order valence-electron chi connectivity index (χ3n) is 4.90. The Morgan fingerprint density at radius 3 is 2.87 bits per heavy atom. The molecule has 0 bridgehead atoms. The average Bonchev–Trinajstić information content (AvgIpc) is 3.16. The molecule has 2 amide bonds. The molecular weight excluding hydrogens is 294 g/mol. The largest absolute Gasteiger partial charge is 0.379 e. The summed E-state index contributed by atoms with van der Waals surface area (Å²) < 4.78 is 7.29. The second-order valence-electron chi connectivity index (χ2n) is 6.59. The number of ether oxygens (including phenoxy) is 1. The van der Waals surface area contributed by atoms with Crippen molar-refractivity contribution in [3.05, 3.63) is 12.4 Å². The molecule has 1 aromatic heterocycles. The summed E-state index contributed by atoms with van der Waals surface area (Å²) in [5.41, 5.74) is 1.11. The molecular formula is C16H27N5O2. The summed E-state index contributed by atoms with van der Waals surface area (Å²) in [5.74, 6) is 0. The van der Waals surface area contributed by atoms with Crippen LogP contribution in [-0.2, 0) is 11.8 Å². The Labute approximate surface area is 137 Å². The molecule has 0 aromatic carbocycles. The van der Waals surface area contributed by atoms with Crippen molar-refractivity contribution in [2.24, 2.45) is 7.05 Å². The van der Waals surface area contributed by atoms with Crippen LogP contribution < -0.4 is 15.5 Å². The van der Waals surface area contributed by atoms with Crippen LogP contribution in [0.25, 0.3) is 0 Å². The predicted octanol–water partition coefficient (Wildman–Crippen LogP) is 1.26. The van der Waals surface area contributed by atoms with Gasteiger partial charge in [0.25, 0.3) is 0 Å². The van der Waals surface area contributed by atoms with E-state index in [2.05, 4.69) is 20.6 Å². The lowest BCUT2D eigenvalue weighted by atomic mass is 9.92. The van der Waals surface area contributed by atoms with Crippen LogP contribution in [0.1, 0.15) is 32.1 Å². The van der Waals surface area contributed by atoms with Crippen LogP contribution in [0.5, 0.6) is 0 Å². The maximum absolute atomic E-state index is 12.3. The molecule has 1 saturated carbocycles. The van der Waals surface area contributed by atoms with Gasteiger partial charge in [0.05, 0.1) is 24.0 Å². The minimum atomic E-state index is -0.0722. The zero-order chi connectivity index (χ0) is 16.2. The highest BCUT2D eigenvalue weighted by Gasteiger charge is 2.29. The number of methoxy groups -OCH3 is 1. The van der Waals surface area contributed by atoms with Crippen LogP contribution in [0, 0.1) is 0 Å². The van der Waals surface area contributed by atoms with Gasteiger partial charge in [-0.05, 0) is 19.3 Å². The summed E-state index contributed by atoms with van der Waals surface area (Å²) in [6.07, 6.45) is 9.34. The van der Waals surface area contributed by atoms with E-state index >= 15 is 0 Å². The summed E-state index contributed by atoms with van der Waals surface area (Å²) >= 11 is 0. The fourth-order valence-corrected chi connectivity index (χ4v) is 3.62. The number of nitrogens with one attached hydrogen (secondary N) is 2. The number of aromatic nitrogens is 2. The number of nitrogens with zero attached hydrogens (tertiary/aromatic N) is 3. The molecule has 1 aliphatic carbocycles. The standard InChI is InChI=1S/C16H27N5O2/c1-20-11-13(9-17-20)21-8-7-12(10-21)18-16(22)19-14-5-3-4-6-15(14)23-2/h9,11-12,14-15H,3-8,10H2,1-2H3,(H2,18,19,22)/t12-,14-,15-/m1/s1. The van der Waals surface area contributed by atoms with Crippen LogP contribution in [0.2, 0.25) is 0 Å². The molecule has 0 spiro atoms. The van der Waals surface area contributed by atoms with Crippen molar-refractivity contribution in [1.29, 1.82) is 0 Å². The number of hydrogen-bond donors (Lipinski definition) is 2. The molecule has 2 N–H and O–H groups in total. The van der Waals surface area contributed by atoms with E-state index in [-0.39, 0.29) is 24.2 Å². The van der Waals surface area contributed by atoms with E-state index in [0.717, 1.165) is 44.5 Å². The number of rotatable bonds is 4. The van der Waals surface area contributed by atoms with E-state index < -0.39 is 0 Å². The van der Waals surface area contributed by atoms with Crippen molar-refractivity contribution in [2.75, 3.05) is 25.1 Å². The van der Waals surface area contributed by atoms with Gasteiger partial charge in [-0.15, -0.1) is 0 Å². The number of carbonyl (C=O) groups is 1. The molecule has 128 valence electrons. The minimum Gasteiger partial charge on any atom is -0.379 e. The first-order valence-corrected chi connectivity index (χ1v) is 8.49. The van der Waals surface area contributed by atoms with Gasteiger partial charge in [0, 0.05) is 39.5 Å². The highest BCUT2D eigenvalue weighted by atomic mass is 16.5. The van der Waals surface area contributed by atoms with Crippen LogP contribution in [0.3, 0.4) is 0 Å². The zero-order valence-electron chi connectivity index (χ0n) is 14.0. The lowest BCUT2D eigenvalue weighted by Crippen LogP contribution is -2.52. The van der Waals surface area contributed by atoms with Crippen molar-refractivity contribution in [2.45, 2.75) is 50.3 Å². The van der Waals surface area contributed by atoms with Gasteiger partial charge in [-0.25, -0.2) is 4.79 Å². The Morgan fingerprint density at radius 2 is 2.13 bits per heavy atom. The molecule has 2 fully saturated rings. The molecule has 23 heavy (non-hydrogen) atoms. The van der Waals surface area contributed by atoms with Gasteiger partial charge in [-0.3, -0.25) is 4.68 Å². The first-order chi connectivity index (χ1) is 11.2. The number of amides is 2. The van der Waals surface area contributed by atoms with E-state index in [1.54, 1.807) is 11.8 Å². The molecule has 7 nitrogen and oxygen atoms in total. The monoisotopic (exact) mass is 321 g/mol. The van der Waals surface area contributed by atoms with Crippen molar-refractivity contribution >= 4 is 11.7 Å². The maximum atomic E-state index is 12.3. The van der Waals surface area contributed by atoms with E-state index in [1.165, 1.54) is 6.42 Å². The van der Waals surface area contributed by atoms with E-state index in [1.807, 2.05) is 19.4 Å². The lowest BCUT2D eigenvalue weighted by molar-refractivity contribution is 0.0451. The number of aryl methyl sites for hydroxylation is 1. The summed E-state index contributed by atoms with van der Waals surface area (Å²) in [6, 6.07) is 0.237. The summed E-state index contributed by atoms with van der Waals surface area (Å²) in [4.78, 5) is 14.5. The fraction of sp³-hybridized carbons (Fsp3) is 0.750. The smallest absolute Gasteiger partial charge is 0.315 e. The van der Waals surface area contributed by atoms with E-state index in [0.29, 0.717) is 0 Å². The quantitative estimate of drug-likeness (QED) is 0.876. The summed E-state index contributed by atoms with van der Waals surface area (Å²) in [6.45, 7) is 1.78. The van der Waals surface area contributed by atoms with Gasteiger partial charge in [0.2, 0.25) is 0 Å². The highest BCUT2D eigenvalue weighted by molar-refractivity contribution is 5.75. The molecule has 0 radical (unpaired) electrons. The third kappa shape index (κ3) is 3.96. The summed E-state index contributed by atoms with van der Waals surface area (Å²) in [7, 11) is 3.64. The van der Waals surface area contributed by atoms with Crippen LogP contribution in [0.4, 0.5) is 10.5 Å². The van der Waals surface area contributed by atoms with Crippen LogP contribution >= 0.6 is 0 Å². The lowest BCUT2D eigenvalue weighted by Gasteiger charge is -2.31. The molecule has 3 rings (SSSR count). The number of hydrogen-bond acceptors (Lipinski definition) is 4. The predicted molar refractivity (Wildman–Crippen MR) is 88.5 cm³/mol. The molecule has 1 aliphatic heterocycles. The van der Waals surface area contributed by atoms with Crippen LogP contribution in [-0.4, -0.2) is 54.2 Å². The van der Waals surface area contributed by atoms with Gasteiger partial charge >= 0.3 is 6.03 Å². The van der Waals surface area contributed by atoms with Gasteiger partial charge in [-0.1, -0.05) is 12.8 Å². The Bertz CT molecular complexity index is 532. The van der Waals surface area contributed by atoms with Crippen LogP contribution in [0.15, 0.2) is 12.4 Å². The molecule has 1 saturated heterocycles. The Balaban J connectivity index is 1.47. The van der Waals surface area contributed by atoms with Gasteiger partial charge < -0.3 is 20.3 Å². The molecule has 2 aliphatic rings. The molecule has 1 aromatic rings. The highest BCUT2D eigenvalue weighted by Crippen LogP contribution is 2.21. The van der Waals surface area contributed by atoms with Gasteiger partial charge in [-0.2, -0.15) is 5.10 Å². The second kappa shape index (κ2) is 7.21. The first kappa shape index (κ1) is 16.1. The molecule has 3 atom stereocenters. The molecule has 0 unspecified atom stereocenters. The average molecular weight is 321 g/mol. The molecule has 7 heteroatoms. The van der Waals surface area contributed by atoms with E-state index in [9.17, 15) is 4.79 Å². The first-order valence-electron chi connectivity index (χ1n) is 8.49. The minimum absolute atomic E-state index is 0.0722. The van der Waals surface area contributed by atoms with Gasteiger partial charge in [0.15, 0.2) is 0 Å². The Kier molecular flexibility index (Phi) is 5.05. The van der Waals surface area contributed by atoms with E-state index in [4.69, 9.17) is 4.74 Å². The third-order valence-corrected chi connectivity index (χ3v) is 4.90. The number of carbonyl (C=O) groups excluding carboxylic acids is 1. The number of anilines is 1. The SMILES string of the molecule is CO[C@@H]1CCCC[C@H]1NC(=O)N[C@@H]1CCN(c2cnn(C)c2)C1. The molecule has 2 heterocycles. The Morgan fingerprint density at radius 1 is 1.30 bits per heavy atom. The maximum Gasteiger partial charge on any atom is 0.315 e. The number of urea groups is 1.